The van der Waals surface area contributed by atoms with Crippen LogP contribution in [0.25, 0.3) is 0 Å². The van der Waals surface area contributed by atoms with Crippen molar-refractivity contribution in [1.82, 2.24) is 15.0 Å². The van der Waals surface area contributed by atoms with E-state index >= 15 is 0 Å². The molecule has 0 fully saturated rings. The third-order valence-electron chi connectivity index (χ3n) is 5.62. The van der Waals surface area contributed by atoms with Crippen molar-refractivity contribution < 1.29 is 18.7 Å². The van der Waals surface area contributed by atoms with Gasteiger partial charge in [0, 0.05) is 11.4 Å². The van der Waals surface area contributed by atoms with Gasteiger partial charge in [0.15, 0.2) is 11.5 Å². The van der Waals surface area contributed by atoms with E-state index in [0.29, 0.717) is 29.8 Å². The predicted octanol–water partition coefficient (Wildman–Crippen LogP) is 6.56. The molecule has 3 N–H and O–H groups in total. The molecule has 0 spiro atoms. The van der Waals surface area contributed by atoms with Gasteiger partial charge in [-0.25, -0.2) is 14.6 Å². The minimum absolute atomic E-state index is 0.202. The standard InChI is InChI=1S/C31H26FN7O3/c1-2-41-27-19-21(13-18-26(27)42-28(40)22-14-16-23(32)17-15-22)20-33-39-31-37-29(34-24-9-5-3-6-10-24)36-30(38-31)35-25-11-7-4-8-12-25/h3-20H,2H2,1H3,(H3,34,35,36,37,38,39)/b33-20-. The smallest absolute Gasteiger partial charge is 0.343 e. The number of hydrogen-bond acceptors (Lipinski definition) is 10. The topological polar surface area (TPSA) is 123 Å². The first kappa shape index (κ1) is 27.7. The van der Waals surface area contributed by atoms with Crippen molar-refractivity contribution in [3.63, 3.8) is 0 Å². The van der Waals surface area contributed by atoms with Crippen molar-refractivity contribution in [3.8, 4) is 11.5 Å². The van der Waals surface area contributed by atoms with Crippen molar-refractivity contribution in [2.75, 3.05) is 22.7 Å². The number of anilines is 5. The number of hydrogen-bond donors (Lipinski definition) is 3. The molecule has 0 unspecified atom stereocenters. The Morgan fingerprint density at radius 1 is 0.786 bits per heavy atom. The summed E-state index contributed by atoms with van der Waals surface area (Å²) in [5, 5.41) is 10.6. The van der Waals surface area contributed by atoms with Crippen LogP contribution in [0.15, 0.2) is 108 Å². The van der Waals surface area contributed by atoms with Gasteiger partial charge in [0.1, 0.15) is 5.82 Å². The van der Waals surface area contributed by atoms with Crippen LogP contribution in [0, 0.1) is 5.82 Å². The van der Waals surface area contributed by atoms with Gasteiger partial charge in [-0.15, -0.1) is 0 Å². The number of para-hydroxylation sites is 2. The minimum atomic E-state index is -0.631. The van der Waals surface area contributed by atoms with Gasteiger partial charge in [-0.1, -0.05) is 36.4 Å². The summed E-state index contributed by atoms with van der Waals surface area (Å²) in [4.78, 5) is 25.8. The zero-order valence-electron chi connectivity index (χ0n) is 22.5. The minimum Gasteiger partial charge on any atom is -0.490 e. The molecule has 42 heavy (non-hydrogen) atoms. The molecule has 5 aromatic rings. The average Bonchev–Trinajstić information content (AvgIpc) is 3.00. The molecule has 0 saturated carbocycles. The zero-order valence-corrected chi connectivity index (χ0v) is 22.5. The van der Waals surface area contributed by atoms with Crippen LogP contribution >= 0.6 is 0 Å². The molecule has 1 heterocycles. The van der Waals surface area contributed by atoms with Crippen LogP contribution in [0.3, 0.4) is 0 Å². The number of carbonyl (C=O) groups excluding carboxylic acids is 1. The lowest BCUT2D eigenvalue weighted by molar-refractivity contribution is 0.0728. The van der Waals surface area contributed by atoms with E-state index in [9.17, 15) is 9.18 Å². The molecule has 0 aliphatic carbocycles. The fourth-order valence-electron chi connectivity index (χ4n) is 3.71. The van der Waals surface area contributed by atoms with E-state index in [1.54, 1.807) is 24.4 Å². The van der Waals surface area contributed by atoms with Gasteiger partial charge in [0.2, 0.25) is 17.8 Å². The Morgan fingerprint density at radius 3 is 1.98 bits per heavy atom. The monoisotopic (exact) mass is 563 g/mol. The maximum Gasteiger partial charge on any atom is 0.343 e. The highest BCUT2D eigenvalue weighted by Gasteiger charge is 2.14. The third kappa shape index (κ3) is 7.63. The maximum atomic E-state index is 13.2. The molecule has 1 aromatic heterocycles. The number of halogens is 1. The van der Waals surface area contributed by atoms with Gasteiger partial charge < -0.3 is 20.1 Å². The van der Waals surface area contributed by atoms with Crippen molar-refractivity contribution in [3.05, 3.63) is 120 Å². The Hall–Kier alpha value is -5.84. The highest BCUT2D eigenvalue weighted by Crippen LogP contribution is 2.29. The molecular formula is C31H26FN7O3. The number of nitrogens with one attached hydrogen (secondary N) is 3. The molecule has 0 bridgehead atoms. The molecule has 10 nitrogen and oxygen atoms in total. The van der Waals surface area contributed by atoms with E-state index in [-0.39, 0.29) is 17.3 Å². The second-order valence-corrected chi connectivity index (χ2v) is 8.69. The first-order valence-corrected chi connectivity index (χ1v) is 13.0. The van der Waals surface area contributed by atoms with Crippen molar-refractivity contribution in [2.45, 2.75) is 6.92 Å². The van der Waals surface area contributed by atoms with Crippen LogP contribution in [0.2, 0.25) is 0 Å². The Bertz CT molecular complexity index is 1610. The van der Waals surface area contributed by atoms with Gasteiger partial charge in [0.25, 0.3) is 0 Å². The van der Waals surface area contributed by atoms with Crippen LogP contribution in [0.5, 0.6) is 11.5 Å². The number of esters is 1. The first-order valence-electron chi connectivity index (χ1n) is 13.0. The molecule has 11 heteroatoms. The van der Waals surface area contributed by atoms with E-state index in [1.807, 2.05) is 67.6 Å². The number of carbonyl (C=O) groups is 1. The Labute approximate surface area is 241 Å². The van der Waals surface area contributed by atoms with E-state index in [4.69, 9.17) is 9.47 Å². The van der Waals surface area contributed by atoms with Crippen molar-refractivity contribution >= 4 is 41.4 Å². The van der Waals surface area contributed by atoms with Gasteiger partial charge in [0.05, 0.1) is 18.4 Å². The molecule has 0 saturated heterocycles. The lowest BCUT2D eigenvalue weighted by atomic mass is 10.2. The summed E-state index contributed by atoms with van der Waals surface area (Å²) in [6, 6.07) is 29.1. The average molecular weight is 564 g/mol. The first-order chi connectivity index (χ1) is 20.6. The summed E-state index contributed by atoms with van der Waals surface area (Å²) >= 11 is 0. The number of rotatable bonds is 11. The molecule has 0 aliphatic rings. The van der Waals surface area contributed by atoms with Gasteiger partial charge in [-0.3, -0.25) is 0 Å². The van der Waals surface area contributed by atoms with E-state index in [2.05, 4.69) is 36.1 Å². The van der Waals surface area contributed by atoms with Crippen LogP contribution in [-0.4, -0.2) is 33.7 Å². The molecular weight excluding hydrogens is 537 g/mol. The summed E-state index contributed by atoms with van der Waals surface area (Å²) < 4.78 is 24.4. The maximum absolute atomic E-state index is 13.2. The summed E-state index contributed by atoms with van der Waals surface area (Å²) in [5.41, 5.74) is 5.34. The van der Waals surface area contributed by atoms with Crippen LogP contribution in [0.4, 0.5) is 33.6 Å². The van der Waals surface area contributed by atoms with Gasteiger partial charge >= 0.3 is 5.97 Å². The SMILES string of the molecule is CCOc1cc(/C=N\Nc2nc(Nc3ccccc3)nc(Nc3ccccc3)n2)ccc1OC(=O)c1ccc(F)cc1. The number of ether oxygens (including phenoxy) is 2. The molecule has 4 aromatic carbocycles. The number of aromatic nitrogens is 3. The number of hydrazone groups is 1. The van der Waals surface area contributed by atoms with Crippen molar-refractivity contribution in [1.29, 1.82) is 0 Å². The third-order valence-corrected chi connectivity index (χ3v) is 5.62. The second kappa shape index (κ2) is 13.5. The molecule has 0 amide bonds. The van der Waals surface area contributed by atoms with Gasteiger partial charge in [-0.05, 0) is 79.2 Å². The summed E-state index contributed by atoms with van der Waals surface area (Å²) in [5.74, 6) is 0.337. The largest absolute Gasteiger partial charge is 0.490 e. The van der Waals surface area contributed by atoms with E-state index in [1.165, 1.54) is 24.3 Å². The second-order valence-electron chi connectivity index (χ2n) is 8.69. The highest BCUT2D eigenvalue weighted by molar-refractivity contribution is 5.91. The molecule has 0 atom stereocenters. The number of benzene rings is 4. The molecule has 210 valence electrons. The summed E-state index contributed by atoms with van der Waals surface area (Å²) in [6.07, 6.45) is 1.55. The fourth-order valence-corrected chi connectivity index (χ4v) is 3.71. The normalized spacial score (nSPS) is 10.7. The van der Waals surface area contributed by atoms with Gasteiger partial charge in [-0.2, -0.15) is 20.1 Å². The van der Waals surface area contributed by atoms with Crippen LogP contribution < -0.4 is 25.5 Å². The Kier molecular flexibility index (Phi) is 8.90. The quantitative estimate of drug-likeness (QED) is 0.0709. The van der Waals surface area contributed by atoms with Crippen LogP contribution in [0.1, 0.15) is 22.8 Å². The summed E-state index contributed by atoms with van der Waals surface area (Å²) in [6.45, 7) is 2.16. The fraction of sp³-hybridized carbons (Fsp3) is 0.0645. The van der Waals surface area contributed by atoms with E-state index < -0.39 is 11.8 Å². The van der Waals surface area contributed by atoms with Crippen molar-refractivity contribution in [2.24, 2.45) is 5.10 Å². The number of nitrogens with zero attached hydrogens (tertiary/aromatic N) is 4. The highest BCUT2D eigenvalue weighted by atomic mass is 19.1. The molecule has 5 rings (SSSR count). The van der Waals surface area contributed by atoms with Crippen LogP contribution in [-0.2, 0) is 0 Å². The lowest BCUT2D eigenvalue weighted by Crippen LogP contribution is -2.10. The Morgan fingerprint density at radius 2 is 1.38 bits per heavy atom. The Balaban J connectivity index is 1.32. The lowest BCUT2D eigenvalue weighted by Gasteiger charge is -2.11. The van der Waals surface area contributed by atoms with E-state index in [0.717, 1.165) is 11.4 Å². The molecule has 0 aliphatic heterocycles. The molecule has 0 radical (unpaired) electrons. The predicted molar refractivity (Wildman–Crippen MR) is 159 cm³/mol. The zero-order chi connectivity index (χ0) is 29.1. The summed E-state index contributed by atoms with van der Waals surface area (Å²) in [7, 11) is 0.